The fraction of sp³-hybridized carbons (Fsp3) is 0.875. The van der Waals surface area contributed by atoms with E-state index in [1.165, 1.54) is 0 Å². The van der Waals surface area contributed by atoms with Gasteiger partial charge in [0.1, 0.15) is 5.84 Å². The smallest absolute Gasteiger partial charge is 0.140 e. The number of likely N-dealkylation sites (tertiary alicyclic amines) is 1. The summed E-state index contributed by atoms with van der Waals surface area (Å²) >= 11 is 0. The second-order valence-electron chi connectivity index (χ2n) is 3.48. The van der Waals surface area contributed by atoms with E-state index in [0.29, 0.717) is 12.3 Å². The molecular weight excluding hydrogens is 170 g/mol. The van der Waals surface area contributed by atoms with E-state index in [-0.39, 0.29) is 12.4 Å². The second-order valence-corrected chi connectivity index (χ2v) is 3.48. The SMILES string of the molecule is NC(CCN1CCC(CO)C1)=NO. The molecule has 0 aliphatic carbocycles. The van der Waals surface area contributed by atoms with E-state index in [9.17, 15) is 0 Å². The van der Waals surface area contributed by atoms with E-state index >= 15 is 0 Å². The lowest BCUT2D eigenvalue weighted by molar-refractivity contribution is 0.222. The van der Waals surface area contributed by atoms with Gasteiger partial charge in [-0.1, -0.05) is 5.16 Å². The van der Waals surface area contributed by atoms with E-state index in [4.69, 9.17) is 16.0 Å². The first-order chi connectivity index (χ1) is 6.26. The maximum Gasteiger partial charge on any atom is 0.140 e. The Bertz CT molecular complexity index is 184. The predicted molar refractivity (Wildman–Crippen MR) is 49.7 cm³/mol. The molecule has 0 amide bonds. The third-order valence-corrected chi connectivity index (χ3v) is 2.44. The molecule has 1 saturated heterocycles. The van der Waals surface area contributed by atoms with Crippen molar-refractivity contribution in [2.24, 2.45) is 16.8 Å². The number of nitrogens with two attached hydrogens (primary N) is 1. The summed E-state index contributed by atoms with van der Waals surface area (Å²) in [6.07, 6.45) is 1.64. The van der Waals surface area contributed by atoms with Crippen LogP contribution in [0, 0.1) is 5.92 Å². The molecule has 1 unspecified atom stereocenters. The first-order valence-corrected chi connectivity index (χ1v) is 4.56. The Kier molecular flexibility index (Phi) is 3.98. The zero-order valence-electron chi connectivity index (χ0n) is 7.69. The first kappa shape index (κ1) is 10.3. The summed E-state index contributed by atoms with van der Waals surface area (Å²) in [5.41, 5.74) is 5.34. The van der Waals surface area contributed by atoms with E-state index < -0.39 is 0 Å². The minimum Gasteiger partial charge on any atom is -0.409 e. The first-order valence-electron chi connectivity index (χ1n) is 4.56. The summed E-state index contributed by atoms with van der Waals surface area (Å²) in [5, 5.41) is 20.1. The van der Waals surface area contributed by atoms with Crippen LogP contribution in [-0.2, 0) is 0 Å². The van der Waals surface area contributed by atoms with Gasteiger partial charge in [-0.2, -0.15) is 0 Å². The van der Waals surface area contributed by atoms with Crippen LogP contribution in [0.1, 0.15) is 12.8 Å². The van der Waals surface area contributed by atoms with Crippen molar-refractivity contribution in [3.63, 3.8) is 0 Å². The van der Waals surface area contributed by atoms with Crippen molar-refractivity contribution in [2.75, 3.05) is 26.2 Å². The van der Waals surface area contributed by atoms with Gasteiger partial charge in [0.25, 0.3) is 0 Å². The largest absolute Gasteiger partial charge is 0.409 e. The Morgan fingerprint density at radius 2 is 2.38 bits per heavy atom. The van der Waals surface area contributed by atoms with Crippen molar-refractivity contribution in [1.29, 1.82) is 0 Å². The summed E-state index contributed by atoms with van der Waals surface area (Å²) in [4.78, 5) is 2.22. The number of amidine groups is 1. The van der Waals surface area contributed by atoms with Crippen LogP contribution in [0.25, 0.3) is 0 Å². The standard InChI is InChI=1S/C8H17N3O2/c9-8(10-13)2-4-11-3-1-7(5-11)6-12/h7,12-13H,1-6H2,(H2,9,10). The zero-order chi connectivity index (χ0) is 9.68. The highest BCUT2D eigenvalue weighted by Gasteiger charge is 2.21. The molecule has 1 fully saturated rings. The molecule has 1 aliphatic rings. The average Bonchev–Trinajstić information content (AvgIpc) is 2.61. The monoisotopic (exact) mass is 187 g/mol. The summed E-state index contributed by atoms with van der Waals surface area (Å²) in [6, 6.07) is 0. The van der Waals surface area contributed by atoms with Crippen LogP contribution < -0.4 is 5.73 Å². The molecule has 0 aromatic heterocycles. The molecule has 0 bridgehead atoms. The minimum atomic E-state index is 0.264. The Hall–Kier alpha value is -0.810. The van der Waals surface area contributed by atoms with Crippen molar-refractivity contribution < 1.29 is 10.3 Å². The molecule has 1 heterocycles. The van der Waals surface area contributed by atoms with Crippen LogP contribution in [0.3, 0.4) is 0 Å². The van der Waals surface area contributed by atoms with Crippen molar-refractivity contribution in [1.82, 2.24) is 4.90 Å². The summed E-state index contributed by atoms with van der Waals surface area (Å²) in [7, 11) is 0. The molecule has 76 valence electrons. The number of oxime groups is 1. The fourth-order valence-electron chi connectivity index (χ4n) is 1.59. The Morgan fingerprint density at radius 3 is 2.92 bits per heavy atom. The van der Waals surface area contributed by atoms with Crippen LogP contribution in [0.15, 0.2) is 5.16 Å². The van der Waals surface area contributed by atoms with E-state index in [1.807, 2.05) is 0 Å². The normalized spacial score (nSPS) is 25.3. The Labute approximate surface area is 77.8 Å². The molecule has 4 N–H and O–H groups in total. The average molecular weight is 187 g/mol. The number of rotatable bonds is 4. The van der Waals surface area contributed by atoms with Crippen molar-refractivity contribution >= 4 is 5.84 Å². The molecule has 1 rings (SSSR count). The molecule has 0 spiro atoms. The highest BCUT2D eigenvalue weighted by Crippen LogP contribution is 2.14. The number of aliphatic hydroxyl groups excluding tert-OH is 1. The molecule has 0 radical (unpaired) electrons. The highest BCUT2D eigenvalue weighted by atomic mass is 16.4. The van der Waals surface area contributed by atoms with Gasteiger partial charge in [-0.25, -0.2) is 0 Å². The van der Waals surface area contributed by atoms with Crippen LogP contribution >= 0.6 is 0 Å². The number of aliphatic hydroxyl groups is 1. The lowest BCUT2D eigenvalue weighted by atomic mass is 10.1. The lowest BCUT2D eigenvalue weighted by Crippen LogP contribution is -2.26. The quantitative estimate of drug-likeness (QED) is 0.238. The topological polar surface area (TPSA) is 82.1 Å². The van der Waals surface area contributed by atoms with Gasteiger partial charge >= 0.3 is 0 Å². The molecular formula is C8H17N3O2. The van der Waals surface area contributed by atoms with Crippen molar-refractivity contribution in [2.45, 2.75) is 12.8 Å². The molecule has 1 atom stereocenters. The summed E-state index contributed by atoms with van der Waals surface area (Å²) in [6.45, 7) is 3.01. The number of nitrogens with zero attached hydrogens (tertiary/aromatic N) is 2. The van der Waals surface area contributed by atoms with E-state index in [0.717, 1.165) is 26.1 Å². The van der Waals surface area contributed by atoms with Crippen LogP contribution in [0.4, 0.5) is 0 Å². The molecule has 5 nitrogen and oxygen atoms in total. The van der Waals surface area contributed by atoms with Crippen LogP contribution in [-0.4, -0.2) is 47.3 Å². The number of hydrogen-bond donors (Lipinski definition) is 3. The van der Waals surface area contributed by atoms with Gasteiger partial charge in [0.2, 0.25) is 0 Å². The van der Waals surface area contributed by atoms with Gasteiger partial charge in [-0.15, -0.1) is 0 Å². The Morgan fingerprint density at radius 1 is 1.62 bits per heavy atom. The van der Waals surface area contributed by atoms with E-state index in [2.05, 4.69) is 10.1 Å². The van der Waals surface area contributed by atoms with E-state index in [1.54, 1.807) is 0 Å². The molecule has 5 heteroatoms. The maximum absolute atomic E-state index is 8.89. The molecule has 13 heavy (non-hydrogen) atoms. The van der Waals surface area contributed by atoms with Crippen molar-refractivity contribution in [3.8, 4) is 0 Å². The van der Waals surface area contributed by atoms with Gasteiger partial charge in [-0.3, -0.25) is 0 Å². The van der Waals surface area contributed by atoms with Gasteiger partial charge in [-0.05, 0) is 18.9 Å². The summed E-state index contributed by atoms with van der Waals surface area (Å²) in [5.74, 6) is 0.680. The fourth-order valence-corrected chi connectivity index (χ4v) is 1.59. The number of hydrogen-bond acceptors (Lipinski definition) is 4. The van der Waals surface area contributed by atoms with Crippen molar-refractivity contribution in [3.05, 3.63) is 0 Å². The van der Waals surface area contributed by atoms with Crippen LogP contribution in [0.2, 0.25) is 0 Å². The third kappa shape index (κ3) is 3.20. The molecule has 1 aliphatic heterocycles. The predicted octanol–water partition coefficient (Wildman–Crippen LogP) is -0.563. The Balaban J connectivity index is 2.17. The molecule has 0 aromatic rings. The molecule has 0 saturated carbocycles. The third-order valence-electron chi connectivity index (χ3n) is 2.44. The highest BCUT2D eigenvalue weighted by molar-refractivity contribution is 5.79. The summed E-state index contributed by atoms with van der Waals surface area (Å²) < 4.78 is 0. The maximum atomic E-state index is 8.89. The van der Waals surface area contributed by atoms with Gasteiger partial charge < -0.3 is 20.9 Å². The molecule has 0 aromatic carbocycles. The van der Waals surface area contributed by atoms with Gasteiger partial charge in [0.15, 0.2) is 0 Å². The van der Waals surface area contributed by atoms with Gasteiger partial charge in [0.05, 0.1) is 0 Å². The van der Waals surface area contributed by atoms with Gasteiger partial charge in [0, 0.05) is 26.1 Å². The zero-order valence-corrected chi connectivity index (χ0v) is 7.69. The lowest BCUT2D eigenvalue weighted by Gasteiger charge is -2.14. The van der Waals surface area contributed by atoms with Crippen LogP contribution in [0.5, 0.6) is 0 Å². The second kappa shape index (κ2) is 5.04. The minimum absolute atomic E-state index is 0.264.